The Morgan fingerprint density at radius 2 is 2.20 bits per heavy atom. The predicted octanol–water partition coefficient (Wildman–Crippen LogP) is 2.87. The van der Waals surface area contributed by atoms with E-state index in [1.54, 1.807) is 6.92 Å². The lowest BCUT2D eigenvalue weighted by atomic mass is 10.2. The van der Waals surface area contributed by atoms with Gasteiger partial charge in [0.05, 0.1) is 0 Å². The minimum absolute atomic E-state index is 0.0972. The number of hydrogen-bond acceptors (Lipinski definition) is 2. The van der Waals surface area contributed by atoms with Crippen LogP contribution >= 0.6 is 0 Å². The topological polar surface area (TPSA) is 46.9 Å². The van der Waals surface area contributed by atoms with Crippen molar-refractivity contribution in [3.8, 4) is 0 Å². The molecular weight excluding hydrogens is 271 g/mol. The standard InChI is InChI=1S/C13H18F3N3O/c1-3-6-17-12(20)8(2)19-10(9-4-5-9)7-11(18-19)13(14,15)16/h7-9H,3-6H2,1-2H3,(H,17,20). The molecule has 1 atom stereocenters. The van der Waals surface area contributed by atoms with Crippen molar-refractivity contribution in [2.45, 2.75) is 51.2 Å². The number of alkyl halides is 3. The van der Waals surface area contributed by atoms with Gasteiger partial charge in [0.1, 0.15) is 6.04 Å². The van der Waals surface area contributed by atoms with Crippen molar-refractivity contribution in [2.75, 3.05) is 6.54 Å². The van der Waals surface area contributed by atoms with Gasteiger partial charge in [0.2, 0.25) is 5.91 Å². The first-order chi connectivity index (χ1) is 9.34. The molecule has 0 saturated heterocycles. The third-order valence-electron chi connectivity index (χ3n) is 3.35. The number of aromatic nitrogens is 2. The van der Waals surface area contributed by atoms with Gasteiger partial charge >= 0.3 is 6.18 Å². The second-order valence-corrected chi connectivity index (χ2v) is 5.14. The van der Waals surface area contributed by atoms with Crippen molar-refractivity contribution in [3.05, 3.63) is 17.5 Å². The minimum atomic E-state index is -4.48. The van der Waals surface area contributed by atoms with Gasteiger partial charge in [-0.25, -0.2) is 0 Å². The smallest absolute Gasteiger partial charge is 0.354 e. The summed E-state index contributed by atoms with van der Waals surface area (Å²) in [6, 6.07) is 0.342. The summed E-state index contributed by atoms with van der Waals surface area (Å²) in [4.78, 5) is 11.9. The SMILES string of the molecule is CCCNC(=O)C(C)n1nc(C(F)(F)F)cc1C1CC1. The molecule has 0 spiro atoms. The number of nitrogens with zero attached hydrogens (tertiary/aromatic N) is 2. The maximum absolute atomic E-state index is 12.8. The van der Waals surface area contributed by atoms with Crippen molar-refractivity contribution in [1.82, 2.24) is 15.1 Å². The van der Waals surface area contributed by atoms with Crippen molar-refractivity contribution in [2.24, 2.45) is 0 Å². The Balaban J connectivity index is 2.25. The summed E-state index contributed by atoms with van der Waals surface area (Å²) in [5, 5.41) is 6.29. The van der Waals surface area contributed by atoms with Crippen molar-refractivity contribution >= 4 is 5.91 Å². The highest BCUT2D eigenvalue weighted by Crippen LogP contribution is 2.42. The molecule has 112 valence electrons. The van der Waals surface area contributed by atoms with Gasteiger partial charge in [-0.2, -0.15) is 18.3 Å². The van der Waals surface area contributed by atoms with Crippen LogP contribution in [0.15, 0.2) is 6.07 Å². The van der Waals surface area contributed by atoms with Crippen LogP contribution < -0.4 is 5.32 Å². The number of hydrogen-bond donors (Lipinski definition) is 1. The second-order valence-electron chi connectivity index (χ2n) is 5.14. The van der Waals surface area contributed by atoms with Crippen molar-refractivity contribution in [1.29, 1.82) is 0 Å². The number of carbonyl (C=O) groups excluding carboxylic acids is 1. The van der Waals surface area contributed by atoms with Crippen LogP contribution in [0.25, 0.3) is 0 Å². The lowest BCUT2D eigenvalue weighted by molar-refractivity contribution is -0.142. The van der Waals surface area contributed by atoms with E-state index in [1.807, 2.05) is 6.92 Å². The van der Waals surface area contributed by atoms with Crippen LogP contribution in [0.3, 0.4) is 0 Å². The highest BCUT2D eigenvalue weighted by Gasteiger charge is 2.39. The molecule has 0 bridgehead atoms. The molecule has 1 saturated carbocycles. The van der Waals surface area contributed by atoms with E-state index in [2.05, 4.69) is 10.4 Å². The fourth-order valence-electron chi connectivity index (χ4n) is 2.05. The molecule has 1 fully saturated rings. The number of carbonyl (C=O) groups is 1. The van der Waals surface area contributed by atoms with Gasteiger partial charge in [-0.3, -0.25) is 9.48 Å². The Labute approximate surface area is 115 Å². The summed E-state index contributed by atoms with van der Waals surface area (Å²) < 4.78 is 39.5. The summed E-state index contributed by atoms with van der Waals surface area (Å²) in [5.74, 6) is -0.203. The first-order valence-electron chi connectivity index (χ1n) is 6.79. The molecule has 20 heavy (non-hydrogen) atoms. The number of halogens is 3. The van der Waals surface area contributed by atoms with Gasteiger partial charge < -0.3 is 5.32 Å². The Morgan fingerprint density at radius 3 is 2.70 bits per heavy atom. The zero-order chi connectivity index (χ0) is 14.9. The van der Waals surface area contributed by atoms with E-state index in [0.29, 0.717) is 12.2 Å². The predicted molar refractivity (Wildman–Crippen MR) is 67.2 cm³/mol. The zero-order valence-electron chi connectivity index (χ0n) is 11.5. The molecular formula is C13H18F3N3O. The fourth-order valence-corrected chi connectivity index (χ4v) is 2.05. The molecule has 2 rings (SSSR count). The molecule has 4 nitrogen and oxygen atoms in total. The zero-order valence-corrected chi connectivity index (χ0v) is 11.5. The van der Waals surface area contributed by atoms with E-state index in [9.17, 15) is 18.0 Å². The molecule has 1 aromatic rings. The largest absolute Gasteiger partial charge is 0.435 e. The van der Waals surface area contributed by atoms with Crippen molar-refractivity contribution in [3.63, 3.8) is 0 Å². The van der Waals surface area contributed by atoms with E-state index in [-0.39, 0.29) is 11.8 Å². The molecule has 1 heterocycles. The highest BCUT2D eigenvalue weighted by molar-refractivity contribution is 5.79. The maximum Gasteiger partial charge on any atom is 0.435 e. The summed E-state index contributed by atoms with van der Waals surface area (Å²) in [6.07, 6.45) is -1.99. The Bertz CT molecular complexity index is 492. The van der Waals surface area contributed by atoms with Gasteiger partial charge in [-0.05, 0) is 32.3 Å². The molecule has 7 heteroatoms. The molecule has 0 aliphatic heterocycles. The quantitative estimate of drug-likeness (QED) is 0.906. The van der Waals surface area contributed by atoms with Crippen LogP contribution in [0.1, 0.15) is 56.5 Å². The first-order valence-corrected chi connectivity index (χ1v) is 6.79. The summed E-state index contributed by atoms with van der Waals surface area (Å²) in [7, 11) is 0. The highest BCUT2D eigenvalue weighted by atomic mass is 19.4. The Kier molecular flexibility index (Phi) is 4.06. The van der Waals surface area contributed by atoms with E-state index in [1.165, 1.54) is 4.68 Å². The second kappa shape index (κ2) is 5.46. The van der Waals surface area contributed by atoms with Crippen LogP contribution in [-0.4, -0.2) is 22.2 Å². The third kappa shape index (κ3) is 3.13. The van der Waals surface area contributed by atoms with Crippen LogP contribution in [0, 0.1) is 0 Å². The fraction of sp³-hybridized carbons (Fsp3) is 0.692. The van der Waals surface area contributed by atoms with E-state index in [4.69, 9.17) is 0 Å². The van der Waals surface area contributed by atoms with E-state index in [0.717, 1.165) is 25.3 Å². The van der Waals surface area contributed by atoms with E-state index >= 15 is 0 Å². The molecule has 1 aliphatic carbocycles. The van der Waals surface area contributed by atoms with Crippen LogP contribution in [0.2, 0.25) is 0 Å². The summed E-state index contributed by atoms with van der Waals surface area (Å²) in [5.41, 5.74) is -0.411. The average molecular weight is 289 g/mol. The van der Waals surface area contributed by atoms with Crippen LogP contribution in [0.5, 0.6) is 0 Å². The number of rotatable bonds is 5. The molecule has 1 amide bonds. The van der Waals surface area contributed by atoms with Gasteiger partial charge in [0.25, 0.3) is 0 Å². The molecule has 0 radical (unpaired) electrons. The van der Waals surface area contributed by atoms with Gasteiger partial charge in [0.15, 0.2) is 5.69 Å². The third-order valence-corrected chi connectivity index (χ3v) is 3.35. The molecule has 0 aromatic carbocycles. The maximum atomic E-state index is 12.8. The lowest BCUT2D eigenvalue weighted by Crippen LogP contribution is -2.32. The summed E-state index contributed by atoms with van der Waals surface area (Å²) >= 11 is 0. The van der Waals surface area contributed by atoms with Gasteiger partial charge in [-0.15, -0.1) is 0 Å². The van der Waals surface area contributed by atoms with Crippen molar-refractivity contribution < 1.29 is 18.0 Å². The average Bonchev–Trinajstić information content (AvgIpc) is 3.12. The van der Waals surface area contributed by atoms with Crippen LogP contribution in [0.4, 0.5) is 13.2 Å². The molecule has 1 aromatic heterocycles. The van der Waals surface area contributed by atoms with Crippen LogP contribution in [-0.2, 0) is 11.0 Å². The molecule has 1 N–H and O–H groups in total. The molecule has 1 unspecified atom stereocenters. The molecule has 1 aliphatic rings. The first kappa shape index (κ1) is 14.9. The normalized spacial score (nSPS) is 17.1. The lowest BCUT2D eigenvalue weighted by Gasteiger charge is -2.15. The number of nitrogens with one attached hydrogen (secondary N) is 1. The summed E-state index contributed by atoms with van der Waals surface area (Å²) in [6.45, 7) is 4.00. The Morgan fingerprint density at radius 1 is 1.55 bits per heavy atom. The minimum Gasteiger partial charge on any atom is -0.354 e. The van der Waals surface area contributed by atoms with Gasteiger partial charge in [0, 0.05) is 18.2 Å². The van der Waals surface area contributed by atoms with Gasteiger partial charge in [-0.1, -0.05) is 6.92 Å². The monoisotopic (exact) mass is 289 g/mol. The van der Waals surface area contributed by atoms with E-state index < -0.39 is 17.9 Å². The Hall–Kier alpha value is -1.53. The number of amides is 1.